The zero-order chi connectivity index (χ0) is 19.6. The van der Waals surface area contributed by atoms with E-state index < -0.39 is 0 Å². The minimum atomic E-state index is 0.0340. The minimum absolute atomic E-state index is 0.0340. The third-order valence-electron chi connectivity index (χ3n) is 6.01. The molecule has 146 valence electrons. The standard InChI is InChI=1S/C22H26N4O2/c1-17(27)19-3-4-20(24-13-19)25-12-2-8-22(15-25)9-5-21(28)26(16-22)14-18-6-10-23-11-7-18/h3-4,6-7,10-11,13H,2,5,8-9,12,14-16H2,1H3. The molecule has 6 nitrogen and oxygen atoms in total. The number of Topliss-reactive ketones (excluding diaryl/α,β-unsaturated/α-hetero) is 1. The van der Waals surface area contributed by atoms with E-state index in [0.29, 0.717) is 18.5 Å². The van der Waals surface area contributed by atoms with Gasteiger partial charge in [-0.2, -0.15) is 0 Å². The fourth-order valence-corrected chi connectivity index (χ4v) is 4.47. The van der Waals surface area contributed by atoms with Gasteiger partial charge in [-0.15, -0.1) is 0 Å². The summed E-state index contributed by atoms with van der Waals surface area (Å²) in [5.74, 6) is 1.19. The first-order valence-electron chi connectivity index (χ1n) is 9.93. The molecule has 2 saturated heterocycles. The van der Waals surface area contributed by atoms with Gasteiger partial charge in [-0.3, -0.25) is 14.6 Å². The molecule has 1 amide bonds. The summed E-state index contributed by atoms with van der Waals surface area (Å²) in [7, 11) is 0. The van der Waals surface area contributed by atoms with Crippen LogP contribution in [0.25, 0.3) is 0 Å². The maximum absolute atomic E-state index is 12.5. The fraction of sp³-hybridized carbons (Fsp3) is 0.455. The number of hydrogen-bond donors (Lipinski definition) is 0. The van der Waals surface area contributed by atoms with E-state index in [-0.39, 0.29) is 17.1 Å². The highest BCUT2D eigenvalue weighted by Crippen LogP contribution is 2.40. The molecule has 0 aromatic carbocycles. The van der Waals surface area contributed by atoms with Crippen LogP contribution in [0, 0.1) is 5.41 Å². The molecule has 1 unspecified atom stereocenters. The Kier molecular flexibility index (Phi) is 5.11. The van der Waals surface area contributed by atoms with Gasteiger partial charge in [0.1, 0.15) is 5.82 Å². The van der Waals surface area contributed by atoms with Gasteiger partial charge in [-0.25, -0.2) is 4.98 Å². The van der Waals surface area contributed by atoms with Crippen molar-refractivity contribution < 1.29 is 9.59 Å². The van der Waals surface area contributed by atoms with Crippen LogP contribution in [0.4, 0.5) is 5.82 Å². The van der Waals surface area contributed by atoms with Gasteiger partial charge in [0.2, 0.25) is 5.91 Å². The third kappa shape index (κ3) is 3.91. The number of nitrogens with zero attached hydrogens (tertiary/aromatic N) is 4. The van der Waals surface area contributed by atoms with E-state index in [2.05, 4.69) is 14.9 Å². The monoisotopic (exact) mass is 378 g/mol. The molecule has 2 aromatic heterocycles. The van der Waals surface area contributed by atoms with Gasteiger partial charge in [0.05, 0.1) is 0 Å². The Labute approximate surface area is 165 Å². The molecule has 0 radical (unpaired) electrons. The molecule has 2 aromatic rings. The average molecular weight is 378 g/mol. The first-order chi connectivity index (χ1) is 13.5. The lowest BCUT2D eigenvalue weighted by molar-refractivity contribution is -0.138. The van der Waals surface area contributed by atoms with Gasteiger partial charge >= 0.3 is 0 Å². The third-order valence-corrected chi connectivity index (χ3v) is 6.01. The largest absolute Gasteiger partial charge is 0.356 e. The lowest BCUT2D eigenvalue weighted by Gasteiger charge is -2.48. The summed E-state index contributed by atoms with van der Waals surface area (Å²) in [5, 5.41) is 0. The summed E-state index contributed by atoms with van der Waals surface area (Å²) < 4.78 is 0. The zero-order valence-electron chi connectivity index (χ0n) is 16.3. The lowest BCUT2D eigenvalue weighted by atomic mass is 9.73. The Morgan fingerprint density at radius 2 is 1.96 bits per heavy atom. The van der Waals surface area contributed by atoms with E-state index in [1.54, 1.807) is 25.5 Å². The van der Waals surface area contributed by atoms with Crippen molar-refractivity contribution in [3.8, 4) is 0 Å². The molecule has 0 saturated carbocycles. The van der Waals surface area contributed by atoms with Crippen molar-refractivity contribution in [3.05, 3.63) is 54.0 Å². The number of anilines is 1. The zero-order valence-corrected chi connectivity index (χ0v) is 16.3. The number of carbonyl (C=O) groups excluding carboxylic acids is 2. The van der Waals surface area contributed by atoms with Crippen molar-refractivity contribution >= 4 is 17.5 Å². The van der Waals surface area contributed by atoms with Gasteiger partial charge in [-0.05, 0) is 56.0 Å². The number of rotatable bonds is 4. The van der Waals surface area contributed by atoms with Crippen molar-refractivity contribution in [1.82, 2.24) is 14.9 Å². The molecule has 0 aliphatic carbocycles. The van der Waals surface area contributed by atoms with Crippen LogP contribution in [0.5, 0.6) is 0 Å². The Hall–Kier alpha value is -2.76. The van der Waals surface area contributed by atoms with Crippen molar-refractivity contribution in [2.45, 2.75) is 39.2 Å². The smallest absolute Gasteiger partial charge is 0.222 e. The molecule has 1 atom stereocenters. The Balaban J connectivity index is 1.49. The molecule has 28 heavy (non-hydrogen) atoms. The summed E-state index contributed by atoms with van der Waals surface area (Å²) in [4.78, 5) is 36.9. The Morgan fingerprint density at radius 3 is 2.68 bits per heavy atom. The summed E-state index contributed by atoms with van der Waals surface area (Å²) >= 11 is 0. The van der Waals surface area contributed by atoms with Crippen LogP contribution < -0.4 is 4.90 Å². The summed E-state index contributed by atoms with van der Waals surface area (Å²) in [6.45, 7) is 4.86. The lowest BCUT2D eigenvalue weighted by Crippen LogP contribution is -2.54. The van der Waals surface area contributed by atoms with E-state index >= 15 is 0 Å². The molecule has 4 heterocycles. The highest BCUT2D eigenvalue weighted by Gasteiger charge is 2.42. The molecule has 6 heteroatoms. The highest BCUT2D eigenvalue weighted by molar-refractivity contribution is 5.93. The predicted octanol–water partition coefficient (Wildman–Crippen LogP) is 3.09. The second kappa shape index (κ2) is 7.70. The van der Waals surface area contributed by atoms with Gasteiger partial charge in [-0.1, -0.05) is 0 Å². The van der Waals surface area contributed by atoms with Crippen LogP contribution in [0.15, 0.2) is 42.9 Å². The molecule has 2 aliphatic heterocycles. The van der Waals surface area contributed by atoms with Crippen molar-refractivity contribution in [2.24, 2.45) is 5.41 Å². The maximum atomic E-state index is 12.5. The molecule has 0 N–H and O–H groups in total. The van der Waals surface area contributed by atoms with Crippen LogP contribution in [-0.4, -0.2) is 46.2 Å². The van der Waals surface area contributed by atoms with Crippen LogP contribution >= 0.6 is 0 Å². The van der Waals surface area contributed by atoms with Crippen LogP contribution in [0.2, 0.25) is 0 Å². The van der Waals surface area contributed by atoms with Gasteiger partial charge in [0.15, 0.2) is 5.78 Å². The van der Waals surface area contributed by atoms with E-state index in [4.69, 9.17) is 0 Å². The number of amides is 1. The van der Waals surface area contributed by atoms with Gasteiger partial charge in [0.25, 0.3) is 0 Å². The van der Waals surface area contributed by atoms with E-state index in [0.717, 1.165) is 50.3 Å². The quantitative estimate of drug-likeness (QED) is 0.765. The van der Waals surface area contributed by atoms with E-state index in [1.807, 2.05) is 29.2 Å². The van der Waals surface area contributed by atoms with E-state index in [9.17, 15) is 9.59 Å². The average Bonchev–Trinajstić information content (AvgIpc) is 2.72. The van der Waals surface area contributed by atoms with Gasteiger partial charge in [0, 0.05) is 62.2 Å². The summed E-state index contributed by atoms with van der Waals surface area (Å²) in [6, 6.07) is 7.75. The minimum Gasteiger partial charge on any atom is -0.356 e. The number of carbonyl (C=O) groups is 2. The maximum Gasteiger partial charge on any atom is 0.222 e. The van der Waals surface area contributed by atoms with Crippen LogP contribution in [0.3, 0.4) is 0 Å². The SMILES string of the molecule is CC(=O)c1ccc(N2CCCC3(CCC(=O)N(Cc4ccncc4)C3)C2)nc1. The van der Waals surface area contributed by atoms with Crippen molar-refractivity contribution in [3.63, 3.8) is 0 Å². The van der Waals surface area contributed by atoms with E-state index in [1.165, 1.54) is 0 Å². The number of ketones is 1. The first kappa shape index (κ1) is 18.6. The second-order valence-electron chi connectivity index (χ2n) is 8.09. The fourth-order valence-electron chi connectivity index (χ4n) is 4.47. The second-order valence-corrected chi connectivity index (χ2v) is 8.09. The predicted molar refractivity (Wildman–Crippen MR) is 107 cm³/mol. The van der Waals surface area contributed by atoms with Gasteiger partial charge < -0.3 is 9.80 Å². The molecule has 2 fully saturated rings. The normalized spacial score (nSPS) is 22.5. The Bertz CT molecular complexity index is 853. The number of aromatic nitrogens is 2. The summed E-state index contributed by atoms with van der Waals surface area (Å²) in [6.07, 6.45) is 8.98. The number of pyridine rings is 2. The molecule has 1 spiro atoms. The molecule has 0 bridgehead atoms. The molecule has 4 rings (SSSR count). The summed E-state index contributed by atoms with van der Waals surface area (Å²) in [5.41, 5.74) is 1.87. The van der Waals surface area contributed by atoms with Crippen LogP contribution in [0.1, 0.15) is 48.5 Å². The number of hydrogen-bond acceptors (Lipinski definition) is 5. The topological polar surface area (TPSA) is 66.4 Å². The number of piperidine rings is 2. The van der Waals surface area contributed by atoms with Crippen LogP contribution in [-0.2, 0) is 11.3 Å². The molecular weight excluding hydrogens is 352 g/mol. The van der Waals surface area contributed by atoms with Crippen molar-refractivity contribution in [1.29, 1.82) is 0 Å². The number of likely N-dealkylation sites (tertiary alicyclic amines) is 1. The Morgan fingerprint density at radius 1 is 1.14 bits per heavy atom. The first-order valence-corrected chi connectivity index (χ1v) is 9.93. The van der Waals surface area contributed by atoms with Crippen molar-refractivity contribution in [2.75, 3.05) is 24.5 Å². The molecular formula is C22H26N4O2. The molecule has 2 aliphatic rings. The highest BCUT2D eigenvalue weighted by atomic mass is 16.2.